The van der Waals surface area contributed by atoms with Gasteiger partial charge in [0.2, 0.25) is 0 Å². The van der Waals surface area contributed by atoms with Crippen molar-refractivity contribution in [3.05, 3.63) is 50.1 Å². The first-order valence-corrected chi connectivity index (χ1v) is 6.47. The fourth-order valence-electron chi connectivity index (χ4n) is 1.48. The zero-order valence-electron chi connectivity index (χ0n) is 8.76. The molecule has 0 saturated heterocycles. The van der Waals surface area contributed by atoms with Gasteiger partial charge in [0.15, 0.2) is 0 Å². The molecule has 2 aromatic rings. The van der Waals surface area contributed by atoms with Crippen LogP contribution in [0.4, 0.5) is 5.69 Å². The molecule has 0 radical (unpaired) electrons. The van der Waals surface area contributed by atoms with Crippen LogP contribution in [-0.4, -0.2) is 0 Å². The van der Waals surface area contributed by atoms with Gasteiger partial charge in [0, 0.05) is 11.4 Å². The van der Waals surface area contributed by atoms with Crippen molar-refractivity contribution >= 4 is 40.2 Å². The highest BCUT2D eigenvalue weighted by atomic mass is 35.5. The Bertz CT molecular complexity index is 473. The maximum atomic E-state index is 6.12. The molecule has 0 spiro atoms. The Morgan fingerprint density at radius 3 is 2.62 bits per heavy atom. The lowest BCUT2D eigenvalue weighted by atomic mass is 10.2. The van der Waals surface area contributed by atoms with E-state index in [9.17, 15) is 0 Å². The van der Waals surface area contributed by atoms with Crippen molar-refractivity contribution in [3.63, 3.8) is 0 Å². The van der Waals surface area contributed by atoms with Gasteiger partial charge in [-0.15, -0.1) is 11.3 Å². The van der Waals surface area contributed by atoms with Crippen molar-refractivity contribution in [2.24, 2.45) is 0 Å². The largest absolute Gasteiger partial charge is 0.379 e. The standard InChI is InChI=1S/C12H11Cl2NS/c1-8-3-2-4-10(13)12(8)15-7-9-5-6-11(14)16-9/h2-6,15H,7H2,1H3. The molecule has 1 nitrogen and oxygen atoms in total. The van der Waals surface area contributed by atoms with E-state index in [1.165, 1.54) is 4.88 Å². The SMILES string of the molecule is Cc1cccc(Cl)c1NCc1ccc(Cl)s1. The minimum Gasteiger partial charge on any atom is -0.379 e. The average molecular weight is 272 g/mol. The molecular weight excluding hydrogens is 261 g/mol. The smallest absolute Gasteiger partial charge is 0.0931 e. The number of benzene rings is 1. The van der Waals surface area contributed by atoms with Crippen LogP contribution in [0, 0.1) is 6.92 Å². The quantitative estimate of drug-likeness (QED) is 0.831. The van der Waals surface area contributed by atoms with Crippen LogP contribution in [0.3, 0.4) is 0 Å². The van der Waals surface area contributed by atoms with Gasteiger partial charge in [0.1, 0.15) is 0 Å². The highest BCUT2D eigenvalue weighted by Crippen LogP contribution is 2.27. The van der Waals surface area contributed by atoms with Gasteiger partial charge in [0.25, 0.3) is 0 Å². The van der Waals surface area contributed by atoms with Gasteiger partial charge in [-0.05, 0) is 30.7 Å². The van der Waals surface area contributed by atoms with E-state index in [1.807, 2.05) is 37.3 Å². The fraction of sp³-hybridized carbons (Fsp3) is 0.167. The summed E-state index contributed by atoms with van der Waals surface area (Å²) in [6.07, 6.45) is 0. The topological polar surface area (TPSA) is 12.0 Å². The van der Waals surface area contributed by atoms with Gasteiger partial charge in [0.05, 0.1) is 15.0 Å². The third-order valence-electron chi connectivity index (χ3n) is 2.29. The molecule has 0 saturated carbocycles. The van der Waals surface area contributed by atoms with Gasteiger partial charge in [-0.1, -0.05) is 35.3 Å². The van der Waals surface area contributed by atoms with Crippen molar-refractivity contribution in [2.45, 2.75) is 13.5 Å². The van der Waals surface area contributed by atoms with E-state index in [1.54, 1.807) is 11.3 Å². The number of aryl methyl sites for hydroxylation is 1. The predicted molar refractivity (Wildman–Crippen MR) is 72.8 cm³/mol. The Kier molecular flexibility index (Phi) is 3.74. The molecule has 1 aromatic carbocycles. The van der Waals surface area contributed by atoms with Gasteiger partial charge in [-0.25, -0.2) is 0 Å². The summed E-state index contributed by atoms with van der Waals surface area (Å²) in [5, 5.41) is 4.08. The molecule has 0 unspecified atom stereocenters. The summed E-state index contributed by atoms with van der Waals surface area (Å²) in [5.41, 5.74) is 2.14. The molecule has 0 aliphatic rings. The fourth-order valence-corrected chi connectivity index (χ4v) is 2.79. The summed E-state index contributed by atoms with van der Waals surface area (Å²) in [6.45, 7) is 2.79. The summed E-state index contributed by atoms with van der Waals surface area (Å²) >= 11 is 13.6. The molecule has 1 N–H and O–H groups in total. The van der Waals surface area contributed by atoms with Crippen LogP contribution in [0.25, 0.3) is 0 Å². The van der Waals surface area contributed by atoms with Crippen LogP contribution in [0.2, 0.25) is 9.36 Å². The molecule has 0 aliphatic heterocycles. The third kappa shape index (κ3) is 2.70. The van der Waals surface area contributed by atoms with E-state index >= 15 is 0 Å². The van der Waals surface area contributed by atoms with Crippen LogP contribution in [0.1, 0.15) is 10.4 Å². The predicted octanol–water partition coefficient (Wildman–Crippen LogP) is 4.98. The van der Waals surface area contributed by atoms with Crippen LogP contribution in [-0.2, 0) is 6.54 Å². The van der Waals surface area contributed by atoms with Crippen LogP contribution in [0.15, 0.2) is 30.3 Å². The maximum absolute atomic E-state index is 6.12. The van der Waals surface area contributed by atoms with Crippen molar-refractivity contribution in [1.29, 1.82) is 0 Å². The Labute approximate surface area is 109 Å². The molecule has 84 valence electrons. The summed E-state index contributed by atoms with van der Waals surface area (Å²) in [7, 11) is 0. The number of thiophene rings is 1. The monoisotopic (exact) mass is 271 g/mol. The highest BCUT2D eigenvalue weighted by molar-refractivity contribution is 7.16. The van der Waals surface area contributed by atoms with E-state index < -0.39 is 0 Å². The van der Waals surface area contributed by atoms with Crippen molar-refractivity contribution in [3.8, 4) is 0 Å². The molecule has 2 rings (SSSR count). The van der Waals surface area contributed by atoms with Gasteiger partial charge in [-0.3, -0.25) is 0 Å². The number of anilines is 1. The van der Waals surface area contributed by atoms with Crippen LogP contribution in [0.5, 0.6) is 0 Å². The Morgan fingerprint density at radius 1 is 1.19 bits per heavy atom. The van der Waals surface area contributed by atoms with Gasteiger partial charge in [-0.2, -0.15) is 0 Å². The number of hydrogen-bond acceptors (Lipinski definition) is 2. The summed E-state index contributed by atoms with van der Waals surface area (Å²) in [5.74, 6) is 0. The normalized spacial score (nSPS) is 10.4. The van der Waals surface area contributed by atoms with E-state index in [0.29, 0.717) is 0 Å². The van der Waals surface area contributed by atoms with E-state index in [0.717, 1.165) is 27.2 Å². The first kappa shape index (κ1) is 11.8. The number of hydrogen-bond donors (Lipinski definition) is 1. The zero-order valence-corrected chi connectivity index (χ0v) is 11.1. The van der Waals surface area contributed by atoms with E-state index in [2.05, 4.69) is 5.32 Å². The summed E-state index contributed by atoms with van der Waals surface area (Å²) < 4.78 is 0.813. The molecule has 0 fully saturated rings. The summed E-state index contributed by atoms with van der Waals surface area (Å²) in [4.78, 5) is 1.20. The van der Waals surface area contributed by atoms with Crippen molar-refractivity contribution in [1.82, 2.24) is 0 Å². The molecule has 0 bridgehead atoms. The van der Waals surface area contributed by atoms with E-state index in [-0.39, 0.29) is 0 Å². The Morgan fingerprint density at radius 2 is 2.00 bits per heavy atom. The molecule has 16 heavy (non-hydrogen) atoms. The molecule has 0 atom stereocenters. The lowest BCUT2D eigenvalue weighted by Gasteiger charge is -2.10. The molecule has 1 heterocycles. The van der Waals surface area contributed by atoms with Crippen LogP contribution >= 0.6 is 34.5 Å². The third-order valence-corrected chi connectivity index (χ3v) is 3.84. The minimum atomic E-state index is 0.752. The Hall–Kier alpha value is -0.700. The van der Waals surface area contributed by atoms with E-state index in [4.69, 9.17) is 23.2 Å². The second-order valence-corrected chi connectivity index (χ2v) is 5.70. The molecule has 4 heteroatoms. The number of halogens is 2. The number of rotatable bonds is 3. The lowest BCUT2D eigenvalue weighted by molar-refractivity contribution is 1.18. The molecular formula is C12H11Cl2NS. The molecule has 1 aromatic heterocycles. The van der Waals surface area contributed by atoms with Gasteiger partial charge >= 0.3 is 0 Å². The maximum Gasteiger partial charge on any atom is 0.0931 e. The average Bonchev–Trinajstić information content (AvgIpc) is 2.63. The Balaban J connectivity index is 2.10. The number of para-hydroxylation sites is 1. The van der Waals surface area contributed by atoms with Crippen molar-refractivity contribution < 1.29 is 0 Å². The minimum absolute atomic E-state index is 0.752. The van der Waals surface area contributed by atoms with Gasteiger partial charge < -0.3 is 5.32 Å². The second-order valence-electron chi connectivity index (χ2n) is 3.49. The summed E-state index contributed by atoms with van der Waals surface area (Å²) in [6, 6.07) is 9.80. The van der Waals surface area contributed by atoms with Crippen LogP contribution < -0.4 is 5.32 Å². The zero-order chi connectivity index (χ0) is 11.5. The number of nitrogens with one attached hydrogen (secondary N) is 1. The van der Waals surface area contributed by atoms with Crippen molar-refractivity contribution in [2.75, 3.05) is 5.32 Å². The highest BCUT2D eigenvalue weighted by Gasteiger charge is 2.04. The first-order valence-electron chi connectivity index (χ1n) is 4.90. The lowest BCUT2D eigenvalue weighted by Crippen LogP contribution is -1.99. The molecule has 0 aliphatic carbocycles. The molecule has 0 amide bonds. The first-order chi connectivity index (χ1) is 7.66. The second kappa shape index (κ2) is 5.09.